The minimum Gasteiger partial charge on any atom is -0.481 e. The molecule has 0 aliphatic carbocycles. The van der Waals surface area contributed by atoms with Crippen molar-refractivity contribution in [2.24, 2.45) is 0 Å². The van der Waals surface area contributed by atoms with E-state index in [0.29, 0.717) is 12.1 Å². The number of carbonyl (C=O) groups is 3. The van der Waals surface area contributed by atoms with Crippen LogP contribution in [-0.2, 0) is 14.4 Å². The third kappa shape index (κ3) is 7.08. The molecule has 2 aromatic rings. The van der Waals surface area contributed by atoms with E-state index in [1.807, 2.05) is 44.2 Å². The Morgan fingerprint density at radius 3 is 2.36 bits per heavy atom. The predicted octanol–water partition coefficient (Wildman–Crippen LogP) is 4.31. The minimum atomic E-state index is -1.01. The fourth-order valence-electron chi connectivity index (χ4n) is 2.44. The number of rotatable bonds is 9. The number of benzene rings is 2. The lowest BCUT2D eigenvalue weighted by atomic mass is 10.2. The number of anilines is 2. The van der Waals surface area contributed by atoms with Crippen LogP contribution in [0.15, 0.2) is 53.4 Å². The fourth-order valence-corrected chi connectivity index (χ4v) is 3.45. The maximum atomic E-state index is 12.6. The van der Waals surface area contributed by atoms with Gasteiger partial charge in [-0.3, -0.25) is 14.4 Å². The number of amides is 2. The molecule has 1 atom stereocenters. The van der Waals surface area contributed by atoms with E-state index in [0.717, 1.165) is 16.1 Å². The molecule has 0 fully saturated rings. The van der Waals surface area contributed by atoms with Gasteiger partial charge in [0.25, 0.3) is 0 Å². The van der Waals surface area contributed by atoms with E-state index in [1.165, 1.54) is 11.8 Å². The van der Waals surface area contributed by atoms with E-state index in [9.17, 15) is 14.4 Å². The maximum Gasteiger partial charge on any atom is 0.303 e. The summed E-state index contributed by atoms with van der Waals surface area (Å²) in [5.41, 5.74) is 2.46. The summed E-state index contributed by atoms with van der Waals surface area (Å²) in [7, 11) is 0. The predicted molar refractivity (Wildman–Crippen MR) is 112 cm³/mol. The Labute approximate surface area is 168 Å². The first-order valence-electron chi connectivity index (χ1n) is 9.03. The van der Waals surface area contributed by atoms with Crippen molar-refractivity contribution in [3.63, 3.8) is 0 Å². The van der Waals surface area contributed by atoms with Crippen molar-refractivity contribution < 1.29 is 19.5 Å². The van der Waals surface area contributed by atoms with Crippen molar-refractivity contribution >= 4 is 40.9 Å². The van der Waals surface area contributed by atoms with Crippen LogP contribution in [0.1, 0.15) is 31.7 Å². The average Bonchev–Trinajstić information content (AvgIpc) is 2.66. The van der Waals surface area contributed by atoms with Crippen molar-refractivity contribution in [2.45, 2.75) is 43.3 Å². The highest BCUT2D eigenvalue weighted by molar-refractivity contribution is 8.00. The van der Waals surface area contributed by atoms with Gasteiger partial charge in [-0.05, 0) is 43.7 Å². The summed E-state index contributed by atoms with van der Waals surface area (Å²) in [6, 6.07) is 14.8. The molecule has 2 amide bonds. The second-order valence-corrected chi connectivity index (χ2v) is 7.62. The molecule has 0 aromatic heterocycles. The molecule has 28 heavy (non-hydrogen) atoms. The number of aliphatic carboxylic acids is 1. The Morgan fingerprint density at radius 1 is 1.00 bits per heavy atom. The quantitative estimate of drug-likeness (QED) is 0.545. The number of carbonyl (C=O) groups excluding carboxylic acids is 2. The SMILES string of the molecule is CCC(Sc1cccc(NC(=O)CCC(=O)O)c1)C(=O)Nc1ccc(C)cc1. The summed E-state index contributed by atoms with van der Waals surface area (Å²) in [4.78, 5) is 35.8. The standard InChI is InChI=1S/C21H24N2O4S/c1-3-18(21(27)23-15-9-7-14(2)8-10-15)28-17-6-4-5-16(13-17)22-19(24)11-12-20(25)26/h4-10,13,18H,3,11-12H2,1-2H3,(H,22,24)(H,23,27)(H,25,26). The van der Waals surface area contributed by atoms with Crippen LogP contribution in [0.2, 0.25) is 0 Å². The monoisotopic (exact) mass is 400 g/mol. The molecule has 3 N–H and O–H groups in total. The van der Waals surface area contributed by atoms with Crippen molar-refractivity contribution in [1.29, 1.82) is 0 Å². The lowest BCUT2D eigenvalue weighted by molar-refractivity contribution is -0.138. The van der Waals surface area contributed by atoms with Crippen LogP contribution < -0.4 is 10.6 Å². The lowest BCUT2D eigenvalue weighted by Crippen LogP contribution is -2.24. The first-order valence-corrected chi connectivity index (χ1v) is 9.91. The molecule has 0 spiro atoms. The van der Waals surface area contributed by atoms with E-state index in [2.05, 4.69) is 10.6 Å². The molecule has 0 saturated heterocycles. The first-order chi connectivity index (χ1) is 13.4. The largest absolute Gasteiger partial charge is 0.481 e. The highest BCUT2D eigenvalue weighted by Gasteiger charge is 2.18. The van der Waals surface area contributed by atoms with Crippen molar-refractivity contribution in [3.05, 3.63) is 54.1 Å². The Morgan fingerprint density at radius 2 is 1.71 bits per heavy atom. The summed E-state index contributed by atoms with van der Waals surface area (Å²) < 4.78 is 0. The van der Waals surface area contributed by atoms with Crippen molar-refractivity contribution in [2.75, 3.05) is 10.6 Å². The van der Waals surface area contributed by atoms with Crippen LogP contribution in [-0.4, -0.2) is 28.1 Å². The third-order valence-electron chi connectivity index (χ3n) is 3.94. The summed E-state index contributed by atoms with van der Waals surface area (Å²) in [5, 5.41) is 14.0. The molecule has 2 aromatic carbocycles. The van der Waals surface area contributed by atoms with Gasteiger partial charge in [0.1, 0.15) is 0 Å². The van der Waals surface area contributed by atoms with E-state index < -0.39 is 5.97 Å². The fraction of sp³-hybridized carbons (Fsp3) is 0.286. The number of thioether (sulfide) groups is 1. The zero-order valence-corrected chi connectivity index (χ0v) is 16.7. The summed E-state index contributed by atoms with van der Waals surface area (Å²) >= 11 is 1.42. The number of carboxylic acids is 1. The molecule has 0 saturated carbocycles. The molecule has 7 heteroatoms. The maximum absolute atomic E-state index is 12.6. The van der Waals surface area contributed by atoms with Gasteiger partial charge in [0, 0.05) is 22.7 Å². The number of carboxylic acid groups (broad SMARTS) is 1. The molecule has 0 aliphatic rings. The van der Waals surface area contributed by atoms with E-state index >= 15 is 0 Å². The van der Waals surface area contributed by atoms with Crippen LogP contribution in [0, 0.1) is 6.92 Å². The number of hydrogen-bond donors (Lipinski definition) is 3. The van der Waals surface area contributed by atoms with E-state index in [1.54, 1.807) is 18.2 Å². The highest BCUT2D eigenvalue weighted by Crippen LogP contribution is 2.28. The van der Waals surface area contributed by atoms with Gasteiger partial charge in [-0.1, -0.05) is 30.7 Å². The summed E-state index contributed by atoms with van der Waals surface area (Å²) in [6.45, 7) is 3.94. The molecular weight excluding hydrogens is 376 g/mol. The Balaban J connectivity index is 1.98. The molecule has 0 radical (unpaired) electrons. The Kier molecular flexibility index (Phi) is 8.07. The molecule has 2 rings (SSSR count). The van der Waals surface area contributed by atoms with Crippen molar-refractivity contribution in [1.82, 2.24) is 0 Å². The minimum absolute atomic E-state index is 0.0766. The molecule has 0 aliphatic heterocycles. The molecule has 6 nitrogen and oxygen atoms in total. The summed E-state index contributed by atoms with van der Waals surface area (Å²) in [6.07, 6.45) is 0.359. The molecule has 0 bridgehead atoms. The Bertz CT molecular complexity index is 837. The van der Waals surface area contributed by atoms with Gasteiger partial charge in [0.05, 0.1) is 11.7 Å². The van der Waals surface area contributed by atoms with Gasteiger partial charge in [-0.25, -0.2) is 0 Å². The van der Waals surface area contributed by atoms with Crippen molar-refractivity contribution in [3.8, 4) is 0 Å². The number of nitrogens with one attached hydrogen (secondary N) is 2. The van der Waals surface area contributed by atoms with E-state index in [-0.39, 0.29) is 29.9 Å². The van der Waals surface area contributed by atoms with Crippen LogP contribution >= 0.6 is 11.8 Å². The highest BCUT2D eigenvalue weighted by atomic mass is 32.2. The van der Waals surface area contributed by atoms with Gasteiger partial charge >= 0.3 is 5.97 Å². The third-order valence-corrected chi connectivity index (χ3v) is 5.30. The van der Waals surface area contributed by atoms with Crippen LogP contribution in [0.25, 0.3) is 0 Å². The molecule has 0 heterocycles. The van der Waals surface area contributed by atoms with Crippen LogP contribution in [0.4, 0.5) is 11.4 Å². The number of hydrogen-bond acceptors (Lipinski definition) is 4. The lowest BCUT2D eigenvalue weighted by Gasteiger charge is -2.15. The van der Waals surface area contributed by atoms with Gasteiger partial charge in [0.15, 0.2) is 0 Å². The normalized spacial score (nSPS) is 11.5. The van der Waals surface area contributed by atoms with Crippen LogP contribution in [0.5, 0.6) is 0 Å². The summed E-state index contributed by atoms with van der Waals surface area (Å²) in [5.74, 6) is -1.44. The number of aryl methyl sites for hydroxylation is 1. The van der Waals surface area contributed by atoms with E-state index in [4.69, 9.17) is 5.11 Å². The molecule has 148 valence electrons. The van der Waals surface area contributed by atoms with Gasteiger partial charge < -0.3 is 15.7 Å². The average molecular weight is 401 g/mol. The van der Waals surface area contributed by atoms with Crippen LogP contribution in [0.3, 0.4) is 0 Å². The first kappa shape index (κ1) is 21.5. The van der Waals surface area contributed by atoms with Gasteiger partial charge in [-0.15, -0.1) is 11.8 Å². The molecular formula is C21H24N2O4S. The van der Waals surface area contributed by atoms with Gasteiger partial charge in [-0.2, -0.15) is 0 Å². The second-order valence-electron chi connectivity index (χ2n) is 6.34. The topological polar surface area (TPSA) is 95.5 Å². The molecule has 1 unspecified atom stereocenters. The van der Waals surface area contributed by atoms with Gasteiger partial charge in [0.2, 0.25) is 11.8 Å². The Hall–Kier alpha value is -2.80. The smallest absolute Gasteiger partial charge is 0.303 e. The zero-order chi connectivity index (χ0) is 20.5. The zero-order valence-electron chi connectivity index (χ0n) is 15.9. The second kappa shape index (κ2) is 10.5.